The van der Waals surface area contributed by atoms with Crippen molar-refractivity contribution < 1.29 is 13.9 Å². The Labute approximate surface area is 96.0 Å². The second kappa shape index (κ2) is 5.32. The average Bonchev–Trinajstić information content (AvgIpc) is 2.22. The minimum Gasteiger partial charge on any atom is -0.462 e. The van der Waals surface area contributed by atoms with Gasteiger partial charge in [-0.1, -0.05) is 11.6 Å². The van der Waals surface area contributed by atoms with Crippen LogP contribution in [0.15, 0.2) is 11.2 Å². The molecule has 0 radical (unpaired) electrons. The molecule has 0 bridgehead atoms. The van der Waals surface area contributed by atoms with Gasteiger partial charge in [0.1, 0.15) is 5.03 Å². The minimum atomic E-state index is -0.685. The number of hydrogen-bond donors (Lipinski definition) is 0. The van der Waals surface area contributed by atoms with Crippen molar-refractivity contribution in [1.29, 1.82) is 0 Å². The van der Waals surface area contributed by atoms with Crippen molar-refractivity contribution in [3.05, 3.63) is 22.6 Å². The summed E-state index contributed by atoms with van der Waals surface area (Å²) in [6, 6.07) is 0. The van der Waals surface area contributed by atoms with E-state index in [1.807, 2.05) is 0 Å². The molecule has 1 aromatic heterocycles. The van der Waals surface area contributed by atoms with Crippen molar-refractivity contribution in [3.63, 3.8) is 0 Å². The zero-order valence-electron chi connectivity index (χ0n) is 8.21. The maximum atomic E-state index is 13.4. The number of halogens is 2. The van der Waals surface area contributed by atoms with Crippen LogP contribution in [0.4, 0.5) is 4.39 Å². The SMILES string of the molecule is CCOC(=O)c1cnc(SC)c(F)c1Cl. The third-order valence-corrected chi connectivity index (χ3v) is 2.66. The predicted octanol–water partition coefficient (Wildman–Crippen LogP) is 2.77. The number of pyridine rings is 1. The summed E-state index contributed by atoms with van der Waals surface area (Å²) in [7, 11) is 0. The van der Waals surface area contributed by atoms with Crippen molar-refractivity contribution in [2.75, 3.05) is 12.9 Å². The molecule has 0 amide bonds. The third-order valence-electron chi connectivity index (χ3n) is 1.62. The van der Waals surface area contributed by atoms with E-state index in [4.69, 9.17) is 16.3 Å². The van der Waals surface area contributed by atoms with E-state index in [0.717, 1.165) is 11.8 Å². The first-order valence-corrected chi connectivity index (χ1v) is 5.77. The number of hydrogen-bond acceptors (Lipinski definition) is 4. The normalized spacial score (nSPS) is 10.1. The fourth-order valence-corrected chi connectivity index (χ4v) is 1.65. The second-order valence-electron chi connectivity index (χ2n) is 2.53. The Balaban J connectivity index is 3.11. The van der Waals surface area contributed by atoms with Gasteiger partial charge in [-0.3, -0.25) is 0 Å². The first kappa shape index (κ1) is 12.3. The van der Waals surface area contributed by atoms with E-state index in [9.17, 15) is 9.18 Å². The van der Waals surface area contributed by atoms with Crippen molar-refractivity contribution >= 4 is 29.3 Å². The van der Waals surface area contributed by atoms with Crippen molar-refractivity contribution in [3.8, 4) is 0 Å². The molecule has 0 aliphatic carbocycles. The number of aromatic nitrogens is 1. The molecule has 3 nitrogen and oxygen atoms in total. The third kappa shape index (κ3) is 2.60. The lowest BCUT2D eigenvalue weighted by Crippen LogP contribution is -2.07. The molecule has 0 aromatic carbocycles. The fraction of sp³-hybridized carbons (Fsp3) is 0.333. The van der Waals surface area contributed by atoms with Gasteiger partial charge in [0.25, 0.3) is 0 Å². The van der Waals surface area contributed by atoms with Crippen LogP contribution >= 0.6 is 23.4 Å². The van der Waals surface area contributed by atoms with Gasteiger partial charge in [-0.15, -0.1) is 11.8 Å². The summed E-state index contributed by atoms with van der Waals surface area (Å²) >= 11 is 6.80. The summed E-state index contributed by atoms with van der Waals surface area (Å²) in [5.74, 6) is -1.35. The van der Waals surface area contributed by atoms with Crippen LogP contribution < -0.4 is 0 Å². The van der Waals surface area contributed by atoms with Gasteiger partial charge in [-0.25, -0.2) is 14.2 Å². The van der Waals surface area contributed by atoms with Crippen molar-refractivity contribution in [2.45, 2.75) is 11.9 Å². The van der Waals surface area contributed by atoms with Gasteiger partial charge in [-0.05, 0) is 13.2 Å². The van der Waals surface area contributed by atoms with Crippen LogP contribution in [0.1, 0.15) is 17.3 Å². The number of esters is 1. The van der Waals surface area contributed by atoms with Crippen LogP contribution in [0.5, 0.6) is 0 Å². The topological polar surface area (TPSA) is 39.2 Å². The van der Waals surface area contributed by atoms with E-state index in [0.29, 0.717) is 0 Å². The molecule has 82 valence electrons. The molecule has 1 aromatic rings. The molecule has 0 aliphatic heterocycles. The standard InChI is InChI=1S/C9H9ClFNO2S/c1-3-14-9(13)5-4-12-8(15-2)7(11)6(5)10/h4H,3H2,1-2H3. The van der Waals surface area contributed by atoms with Gasteiger partial charge in [-0.2, -0.15) is 0 Å². The molecule has 1 rings (SSSR count). The molecular weight excluding hydrogens is 241 g/mol. The van der Waals surface area contributed by atoms with Crippen LogP contribution in [-0.2, 0) is 4.74 Å². The number of nitrogens with zero attached hydrogens (tertiary/aromatic N) is 1. The maximum Gasteiger partial charge on any atom is 0.341 e. The summed E-state index contributed by atoms with van der Waals surface area (Å²) in [6.45, 7) is 1.87. The summed E-state index contributed by atoms with van der Waals surface area (Å²) in [5, 5.41) is -0.0825. The summed E-state index contributed by atoms with van der Waals surface area (Å²) < 4.78 is 18.1. The molecule has 1 heterocycles. The van der Waals surface area contributed by atoms with Crippen LogP contribution in [0.2, 0.25) is 5.02 Å². The Morgan fingerprint density at radius 1 is 1.73 bits per heavy atom. The highest BCUT2D eigenvalue weighted by Gasteiger charge is 2.18. The fourth-order valence-electron chi connectivity index (χ4n) is 0.942. The van der Waals surface area contributed by atoms with E-state index >= 15 is 0 Å². The van der Waals surface area contributed by atoms with Crippen LogP contribution in [0.25, 0.3) is 0 Å². The molecule has 0 unspecified atom stereocenters. The molecule has 0 atom stereocenters. The molecule has 15 heavy (non-hydrogen) atoms. The minimum absolute atomic E-state index is 0.0474. The van der Waals surface area contributed by atoms with Crippen molar-refractivity contribution in [1.82, 2.24) is 4.98 Å². The monoisotopic (exact) mass is 249 g/mol. The van der Waals surface area contributed by atoms with Gasteiger partial charge in [0.2, 0.25) is 0 Å². The van der Waals surface area contributed by atoms with E-state index in [1.165, 1.54) is 6.20 Å². The Hall–Kier alpha value is -0.810. The second-order valence-corrected chi connectivity index (χ2v) is 3.70. The first-order chi connectivity index (χ1) is 7.11. The lowest BCUT2D eigenvalue weighted by molar-refractivity contribution is 0.0525. The Kier molecular flexibility index (Phi) is 4.35. The Bertz CT molecular complexity index is 387. The summed E-state index contributed by atoms with van der Waals surface area (Å²) in [5.41, 5.74) is -0.0474. The van der Waals surface area contributed by atoms with E-state index < -0.39 is 11.8 Å². The molecule has 0 fully saturated rings. The van der Waals surface area contributed by atoms with E-state index in [1.54, 1.807) is 13.2 Å². The van der Waals surface area contributed by atoms with Gasteiger partial charge < -0.3 is 4.74 Å². The van der Waals surface area contributed by atoms with Crippen LogP contribution in [0, 0.1) is 5.82 Å². The van der Waals surface area contributed by atoms with Gasteiger partial charge in [0, 0.05) is 6.20 Å². The number of carbonyl (C=O) groups is 1. The predicted molar refractivity (Wildman–Crippen MR) is 56.9 cm³/mol. The zero-order chi connectivity index (χ0) is 11.4. The zero-order valence-corrected chi connectivity index (χ0v) is 9.78. The molecular formula is C9H9ClFNO2S. The van der Waals surface area contributed by atoms with Gasteiger partial charge >= 0.3 is 5.97 Å². The molecule has 0 aliphatic rings. The van der Waals surface area contributed by atoms with E-state index in [-0.39, 0.29) is 22.2 Å². The number of carbonyl (C=O) groups excluding carboxylic acids is 1. The summed E-state index contributed by atoms with van der Waals surface area (Å²) in [4.78, 5) is 15.1. The molecule has 0 saturated heterocycles. The average molecular weight is 250 g/mol. The highest BCUT2D eigenvalue weighted by molar-refractivity contribution is 7.98. The largest absolute Gasteiger partial charge is 0.462 e. The maximum absolute atomic E-state index is 13.4. The lowest BCUT2D eigenvalue weighted by atomic mass is 10.3. The Morgan fingerprint density at radius 2 is 2.40 bits per heavy atom. The Morgan fingerprint density at radius 3 is 2.93 bits per heavy atom. The van der Waals surface area contributed by atoms with Crippen molar-refractivity contribution in [2.24, 2.45) is 0 Å². The number of rotatable bonds is 3. The quantitative estimate of drug-likeness (QED) is 0.610. The smallest absolute Gasteiger partial charge is 0.341 e. The molecule has 6 heteroatoms. The molecule has 0 N–H and O–H groups in total. The number of thioether (sulfide) groups is 1. The highest BCUT2D eigenvalue weighted by Crippen LogP contribution is 2.26. The van der Waals surface area contributed by atoms with E-state index in [2.05, 4.69) is 4.98 Å². The first-order valence-electron chi connectivity index (χ1n) is 4.16. The highest BCUT2D eigenvalue weighted by atomic mass is 35.5. The molecule has 0 saturated carbocycles. The summed E-state index contributed by atoms with van der Waals surface area (Å²) in [6.07, 6.45) is 2.89. The van der Waals surface area contributed by atoms with Crippen LogP contribution in [0.3, 0.4) is 0 Å². The number of ether oxygens (including phenoxy) is 1. The van der Waals surface area contributed by atoms with Gasteiger partial charge in [0.15, 0.2) is 5.82 Å². The van der Waals surface area contributed by atoms with Gasteiger partial charge in [0.05, 0.1) is 17.2 Å². The van der Waals surface area contributed by atoms with Crippen LogP contribution in [-0.4, -0.2) is 23.8 Å². The lowest BCUT2D eigenvalue weighted by Gasteiger charge is -2.06. The molecule has 0 spiro atoms.